The summed E-state index contributed by atoms with van der Waals surface area (Å²) in [5.41, 5.74) is 0. The molecule has 0 saturated carbocycles. The minimum Gasteiger partial charge on any atom is -0.354 e. The highest BCUT2D eigenvalue weighted by molar-refractivity contribution is 7.89. The van der Waals surface area contributed by atoms with E-state index < -0.39 is 10.0 Å². The summed E-state index contributed by atoms with van der Waals surface area (Å²) in [6.45, 7) is 0.486. The Bertz CT molecular complexity index is 824. The first-order chi connectivity index (χ1) is 12.3. The number of nitrogens with one attached hydrogen (secondary N) is 2. The quantitative estimate of drug-likeness (QED) is 0.659. The van der Waals surface area contributed by atoms with Crippen LogP contribution in [-0.2, 0) is 14.8 Å². The number of halogens is 1. The van der Waals surface area contributed by atoms with Crippen molar-refractivity contribution in [1.29, 1.82) is 0 Å². The molecule has 0 bridgehead atoms. The van der Waals surface area contributed by atoms with Crippen molar-refractivity contribution >= 4 is 38.9 Å². The Labute approximate surface area is 163 Å². The van der Waals surface area contributed by atoms with Crippen molar-refractivity contribution in [3.8, 4) is 0 Å². The molecular formula is C17H22ClN3O3S2. The van der Waals surface area contributed by atoms with Gasteiger partial charge in [0.15, 0.2) is 0 Å². The molecule has 0 aliphatic carbocycles. The Morgan fingerprint density at radius 2 is 2.04 bits per heavy atom. The summed E-state index contributed by atoms with van der Waals surface area (Å²) in [6, 6.07) is 10.1. The third kappa shape index (κ3) is 6.07. The molecule has 26 heavy (non-hydrogen) atoms. The Morgan fingerprint density at radius 3 is 2.65 bits per heavy atom. The Balaban J connectivity index is 1.81. The zero-order chi connectivity index (χ0) is 19.2. The zero-order valence-corrected chi connectivity index (χ0v) is 17.0. The van der Waals surface area contributed by atoms with E-state index in [1.165, 1.54) is 12.1 Å². The van der Waals surface area contributed by atoms with Gasteiger partial charge in [-0.05, 0) is 43.7 Å². The second-order valence-electron chi connectivity index (χ2n) is 5.90. The maximum Gasteiger partial charge on any atom is 0.240 e. The number of hydrogen-bond acceptors (Lipinski definition) is 5. The lowest BCUT2D eigenvalue weighted by atomic mass is 10.2. The monoisotopic (exact) mass is 415 g/mol. The number of benzene rings is 1. The van der Waals surface area contributed by atoms with Crippen LogP contribution in [0.15, 0.2) is 46.7 Å². The molecule has 142 valence electrons. The van der Waals surface area contributed by atoms with E-state index in [1.54, 1.807) is 23.5 Å². The van der Waals surface area contributed by atoms with Crippen molar-refractivity contribution < 1.29 is 13.2 Å². The number of thiophene rings is 1. The third-order valence-electron chi connectivity index (χ3n) is 3.74. The minimum atomic E-state index is -3.68. The molecule has 0 spiro atoms. The molecule has 0 saturated heterocycles. The van der Waals surface area contributed by atoms with Crippen molar-refractivity contribution in [1.82, 2.24) is 14.9 Å². The van der Waals surface area contributed by atoms with Crippen LogP contribution in [0, 0.1) is 0 Å². The molecule has 2 aromatic rings. The molecule has 1 aromatic heterocycles. The lowest BCUT2D eigenvalue weighted by molar-refractivity contribution is -0.121. The summed E-state index contributed by atoms with van der Waals surface area (Å²) in [5, 5.41) is 5.20. The highest BCUT2D eigenvalue weighted by Crippen LogP contribution is 2.22. The van der Waals surface area contributed by atoms with Crippen LogP contribution in [-0.4, -0.2) is 46.4 Å². The van der Waals surface area contributed by atoms with Crippen molar-refractivity contribution in [2.45, 2.75) is 17.4 Å². The van der Waals surface area contributed by atoms with Crippen molar-refractivity contribution in [3.63, 3.8) is 0 Å². The van der Waals surface area contributed by atoms with Crippen LogP contribution in [0.4, 0.5) is 0 Å². The van der Waals surface area contributed by atoms with Gasteiger partial charge in [-0.1, -0.05) is 23.7 Å². The Morgan fingerprint density at radius 1 is 1.27 bits per heavy atom. The number of sulfonamides is 1. The van der Waals surface area contributed by atoms with E-state index in [1.807, 2.05) is 36.5 Å². The van der Waals surface area contributed by atoms with Crippen LogP contribution >= 0.6 is 22.9 Å². The van der Waals surface area contributed by atoms with Crippen molar-refractivity contribution in [2.24, 2.45) is 0 Å². The van der Waals surface area contributed by atoms with E-state index in [9.17, 15) is 13.2 Å². The van der Waals surface area contributed by atoms with Crippen LogP contribution in [0.25, 0.3) is 0 Å². The van der Waals surface area contributed by atoms with Crippen LogP contribution in [0.2, 0.25) is 5.02 Å². The molecule has 1 aromatic carbocycles. The summed E-state index contributed by atoms with van der Waals surface area (Å²) in [4.78, 5) is 15.3. The first kappa shape index (κ1) is 20.9. The number of hydrogen-bond donors (Lipinski definition) is 2. The van der Waals surface area contributed by atoms with Crippen LogP contribution < -0.4 is 10.0 Å². The number of carbonyl (C=O) groups is 1. The zero-order valence-electron chi connectivity index (χ0n) is 14.6. The SMILES string of the molecule is CN(C)[C@@H](CNC(=O)CCNS(=O)(=O)c1cccc(Cl)c1)c1cccs1. The molecular weight excluding hydrogens is 394 g/mol. The van der Waals surface area contributed by atoms with Crippen LogP contribution in [0.5, 0.6) is 0 Å². The molecule has 0 aliphatic rings. The lowest BCUT2D eigenvalue weighted by Crippen LogP contribution is -2.36. The fourth-order valence-corrected chi connectivity index (χ4v) is 4.59. The van der Waals surface area contributed by atoms with Gasteiger partial charge in [-0.25, -0.2) is 13.1 Å². The first-order valence-electron chi connectivity index (χ1n) is 8.01. The van der Waals surface area contributed by atoms with E-state index in [0.29, 0.717) is 11.6 Å². The summed E-state index contributed by atoms with van der Waals surface area (Å²) in [7, 11) is 0.228. The predicted molar refractivity (Wildman–Crippen MR) is 105 cm³/mol. The topological polar surface area (TPSA) is 78.5 Å². The van der Waals surface area contributed by atoms with E-state index in [-0.39, 0.29) is 29.8 Å². The van der Waals surface area contributed by atoms with E-state index in [2.05, 4.69) is 10.0 Å². The van der Waals surface area contributed by atoms with Gasteiger partial charge in [-0.15, -0.1) is 11.3 Å². The molecule has 0 aliphatic heterocycles. The molecule has 1 amide bonds. The fourth-order valence-electron chi connectivity index (χ4n) is 2.33. The maximum atomic E-state index is 12.2. The molecule has 6 nitrogen and oxygen atoms in total. The minimum absolute atomic E-state index is 0.0202. The second-order valence-corrected chi connectivity index (χ2v) is 9.09. The van der Waals surface area contributed by atoms with Gasteiger partial charge >= 0.3 is 0 Å². The van der Waals surface area contributed by atoms with Gasteiger partial charge in [0.2, 0.25) is 15.9 Å². The largest absolute Gasteiger partial charge is 0.354 e. The molecule has 0 unspecified atom stereocenters. The van der Waals surface area contributed by atoms with E-state index in [4.69, 9.17) is 11.6 Å². The van der Waals surface area contributed by atoms with Gasteiger partial charge in [0.25, 0.3) is 0 Å². The summed E-state index contributed by atoms with van der Waals surface area (Å²) in [5.74, 6) is -0.206. The fraction of sp³-hybridized carbons (Fsp3) is 0.353. The van der Waals surface area contributed by atoms with Gasteiger partial charge in [0.1, 0.15) is 0 Å². The third-order valence-corrected chi connectivity index (χ3v) is 6.41. The number of nitrogens with zero attached hydrogens (tertiary/aromatic N) is 1. The summed E-state index contributed by atoms with van der Waals surface area (Å²) in [6.07, 6.45) is 0.0599. The van der Waals surface area contributed by atoms with Crippen LogP contribution in [0.1, 0.15) is 17.3 Å². The highest BCUT2D eigenvalue weighted by Gasteiger charge is 2.17. The highest BCUT2D eigenvalue weighted by atomic mass is 35.5. The normalized spacial score (nSPS) is 12.9. The standard InChI is InChI=1S/C17H22ClN3O3S2/c1-21(2)15(16-7-4-10-25-16)12-19-17(22)8-9-20-26(23,24)14-6-3-5-13(18)11-14/h3-7,10-11,15,20H,8-9,12H2,1-2H3,(H,19,22)/t15-/m0/s1. The predicted octanol–water partition coefficient (Wildman–Crippen LogP) is 2.49. The smallest absolute Gasteiger partial charge is 0.240 e. The van der Waals surface area contributed by atoms with Gasteiger partial charge in [-0.2, -0.15) is 0 Å². The van der Waals surface area contributed by atoms with Gasteiger partial charge in [0, 0.05) is 29.4 Å². The van der Waals surface area contributed by atoms with E-state index >= 15 is 0 Å². The lowest BCUT2D eigenvalue weighted by Gasteiger charge is -2.23. The number of carbonyl (C=O) groups excluding carboxylic acids is 1. The summed E-state index contributed by atoms with van der Waals surface area (Å²) >= 11 is 7.45. The Hall–Kier alpha value is -1.45. The number of likely N-dealkylation sites (N-methyl/N-ethyl adjacent to an activating group) is 1. The molecule has 0 fully saturated rings. The summed E-state index contributed by atoms with van der Waals surface area (Å²) < 4.78 is 26.8. The molecule has 1 heterocycles. The Kier molecular flexibility index (Phi) is 7.60. The molecule has 9 heteroatoms. The van der Waals surface area contributed by atoms with Gasteiger partial charge < -0.3 is 10.2 Å². The molecule has 2 N–H and O–H groups in total. The number of rotatable bonds is 9. The van der Waals surface area contributed by atoms with E-state index in [0.717, 1.165) is 4.88 Å². The van der Waals surface area contributed by atoms with Crippen molar-refractivity contribution in [3.05, 3.63) is 51.7 Å². The van der Waals surface area contributed by atoms with Gasteiger partial charge in [0.05, 0.1) is 10.9 Å². The molecule has 1 atom stereocenters. The van der Waals surface area contributed by atoms with Crippen LogP contribution in [0.3, 0.4) is 0 Å². The average Bonchev–Trinajstić information content (AvgIpc) is 3.08. The first-order valence-corrected chi connectivity index (χ1v) is 10.8. The van der Waals surface area contributed by atoms with Gasteiger partial charge in [-0.3, -0.25) is 4.79 Å². The second kappa shape index (κ2) is 9.48. The molecule has 2 rings (SSSR count). The maximum absolute atomic E-state index is 12.2. The average molecular weight is 416 g/mol. The number of amides is 1. The molecule has 0 radical (unpaired) electrons. The van der Waals surface area contributed by atoms with Crippen molar-refractivity contribution in [2.75, 3.05) is 27.2 Å².